The van der Waals surface area contributed by atoms with Crippen LogP contribution < -0.4 is 10.1 Å². The van der Waals surface area contributed by atoms with Crippen LogP contribution in [0.15, 0.2) is 36.5 Å². The number of carbonyl (C=O) groups excluding carboxylic acids is 1. The molecule has 1 aliphatic heterocycles. The fraction of sp³-hybridized carbons (Fsp3) is 0.333. The molecule has 2 aromatic heterocycles. The molecule has 2 N–H and O–H groups in total. The van der Waals surface area contributed by atoms with Gasteiger partial charge in [-0.1, -0.05) is 17.7 Å². The molecular formula is C21H22ClN3O3. The van der Waals surface area contributed by atoms with Crippen LogP contribution in [0.3, 0.4) is 0 Å². The van der Waals surface area contributed by atoms with Crippen LogP contribution in [0.1, 0.15) is 48.1 Å². The molecule has 1 amide bonds. The van der Waals surface area contributed by atoms with Crippen LogP contribution in [0.25, 0.3) is 10.9 Å². The number of aliphatic hydroxyl groups is 1. The minimum atomic E-state index is -1.06. The van der Waals surface area contributed by atoms with Gasteiger partial charge in [-0.2, -0.15) is 0 Å². The van der Waals surface area contributed by atoms with Crippen molar-refractivity contribution in [2.24, 2.45) is 7.05 Å². The number of aryl methyl sites for hydroxylation is 1. The van der Waals surface area contributed by atoms with Gasteiger partial charge in [-0.3, -0.25) is 9.78 Å². The van der Waals surface area contributed by atoms with E-state index in [1.165, 1.54) is 0 Å². The Morgan fingerprint density at radius 2 is 2.14 bits per heavy atom. The third kappa shape index (κ3) is 3.34. The maximum atomic E-state index is 13.0. The van der Waals surface area contributed by atoms with E-state index in [2.05, 4.69) is 10.3 Å². The van der Waals surface area contributed by atoms with Crippen LogP contribution in [-0.2, 0) is 12.6 Å². The first-order valence-corrected chi connectivity index (χ1v) is 9.53. The van der Waals surface area contributed by atoms with E-state index < -0.39 is 5.60 Å². The summed E-state index contributed by atoms with van der Waals surface area (Å²) in [6, 6.07) is 8.95. The molecule has 3 heterocycles. The number of halogens is 1. The van der Waals surface area contributed by atoms with Crippen molar-refractivity contribution in [3.05, 3.63) is 58.5 Å². The van der Waals surface area contributed by atoms with E-state index in [-0.39, 0.29) is 11.9 Å². The second-order valence-corrected chi connectivity index (χ2v) is 8.06. The van der Waals surface area contributed by atoms with E-state index >= 15 is 0 Å². The van der Waals surface area contributed by atoms with Crippen molar-refractivity contribution in [2.75, 3.05) is 6.61 Å². The first kappa shape index (κ1) is 18.8. The van der Waals surface area contributed by atoms with Crippen molar-refractivity contribution in [1.82, 2.24) is 14.9 Å². The number of carbonyl (C=O) groups is 1. The average molecular weight is 400 g/mol. The lowest BCUT2D eigenvalue weighted by molar-refractivity contribution is 0.0729. The molecule has 146 valence electrons. The third-order valence-corrected chi connectivity index (χ3v) is 5.34. The maximum Gasteiger partial charge on any atom is 0.268 e. The Morgan fingerprint density at radius 3 is 2.89 bits per heavy atom. The average Bonchev–Trinajstić information content (AvgIpc) is 2.97. The number of ether oxygens (including phenoxy) is 1. The molecule has 28 heavy (non-hydrogen) atoms. The molecule has 4 rings (SSSR count). The molecular weight excluding hydrogens is 378 g/mol. The maximum absolute atomic E-state index is 13.0. The van der Waals surface area contributed by atoms with E-state index in [0.29, 0.717) is 35.2 Å². The summed E-state index contributed by atoms with van der Waals surface area (Å²) >= 11 is 6.08. The second-order valence-electron chi connectivity index (χ2n) is 7.62. The van der Waals surface area contributed by atoms with Gasteiger partial charge in [0.05, 0.1) is 18.3 Å². The van der Waals surface area contributed by atoms with Crippen LogP contribution >= 0.6 is 11.6 Å². The third-order valence-electron chi connectivity index (χ3n) is 5.11. The summed E-state index contributed by atoms with van der Waals surface area (Å²) in [5.41, 5.74) is 1.75. The Kier molecular flexibility index (Phi) is 4.56. The predicted molar refractivity (Wildman–Crippen MR) is 108 cm³/mol. The fourth-order valence-electron chi connectivity index (χ4n) is 3.51. The number of hydrogen-bond donors (Lipinski definition) is 2. The standard InChI is InChI=1S/C21H22ClN3O3/c1-21(2,27)19-10-18-14(11-23-19)15(6-7-28-18)24-20(26)17-8-12-4-5-13(22)9-16(12)25(17)3/h4-5,8-11,15,27H,6-7H2,1-3H3,(H,24,26). The van der Waals surface area contributed by atoms with E-state index in [1.807, 2.05) is 35.9 Å². The highest BCUT2D eigenvalue weighted by atomic mass is 35.5. The zero-order valence-electron chi connectivity index (χ0n) is 16.0. The Bertz CT molecular complexity index is 1070. The Balaban J connectivity index is 1.62. The number of hydrogen-bond acceptors (Lipinski definition) is 4. The number of rotatable bonds is 3. The Hall–Kier alpha value is -2.57. The number of benzene rings is 1. The van der Waals surface area contributed by atoms with Gasteiger partial charge in [0.15, 0.2) is 0 Å². The molecule has 1 aliphatic rings. The van der Waals surface area contributed by atoms with Gasteiger partial charge in [-0.25, -0.2) is 0 Å². The summed E-state index contributed by atoms with van der Waals surface area (Å²) in [5.74, 6) is 0.478. The van der Waals surface area contributed by atoms with Crippen LogP contribution in [0.4, 0.5) is 0 Å². The summed E-state index contributed by atoms with van der Waals surface area (Å²) < 4.78 is 7.58. The van der Waals surface area contributed by atoms with Gasteiger partial charge in [0.1, 0.15) is 17.0 Å². The molecule has 0 bridgehead atoms. The monoisotopic (exact) mass is 399 g/mol. The zero-order chi connectivity index (χ0) is 20.1. The van der Waals surface area contributed by atoms with Crippen molar-refractivity contribution in [3.8, 4) is 5.75 Å². The van der Waals surface area contributed by atoms with Crippen LogP contribution in [-0.4, -0.2) is 27.2 Å². The Labute approximate surface area is 168 Å². The van der Waals surface area contributed by atoms with Gasteiger partial charge in [0.25, 0.3) is 5.91 Å². The molecule has 7 heteroatoms. The van der Waals surface area contributed by atoms with E-state index in [1.54, 1.807) is 26.1 Å². The van der Waals surface area contributed by atoms with Crippen molar-refractivity contribution in [3.63, 3.8) is 0 Å². The molecule has 0 saturated carbocycles. The number of amides is 1. The quantitative estimate of drug-likeness (QED) is 0.704. The molecule has 0 saturated heterocycles. The van der Waals surface area contributed by atoms with Gasteiger partial charge in [-0.15, -0.1) is 0 Å². The van der Waals surface area contributed by atoms with Crippen LogP contribution in [0, 0.1) is 0 Å². The minimum Gasteiger partial charge on any atom is -0.493 e. The SMILES string of the molecule is Cn1c(C(=O)NC2CCOc3cc(C(C)(C)O)ncc32)cc2ccc(Cl)cc21. The molecule has 6 nitrogen and oxygen atoms in total. The molecule has 3 aromatic rings. The van der Waals surface area contributed by atoms with Gasteiger partial charge in [0, 0.05) is 47.2 Å². The predicted octanol–water partition coefficient (Wildman–Crippen LogP) is 3.71. The van der Waals surface area contributed by atoms with E-state index in [9.17, 15) is 9.90 Å². The first-order valence-electron chi connectivity index (χ1n) is 9.15. The van der Waals surface area contributed by atoms with Crippen LogP contribution in [0.5, 0.6) is 5.75 Å². The van der Waals surface area contributed by atoms with Crippen LogP contribution in [0.2, 0.25) is 5.02 Å². The minimum absolute atomic E-state index is 0.167. The van der Waals surface area contributed by atoms with Crippen molar-refractivity contribution >= 4 is 28.4 Å². The summed E-state index contributed by atoms with van der Waals surface area (Å²) in [6.07, 6.45) is 2.33. The van der Waals surface area contributed by atoms with Crippen molar-refractivity contribution < 1.29 is 14.6 Å². The summed E-state index contributed by atoms with van der Waals surface area (Å²) in [5, 5.41) is 14.9. The lowest BCUT2D eigenvalue weighted by atomic mass is 9.98. The topological polar surface area (TPSA) is 76.4 Å². The molecule has 0 fully saturated rings. The molecule has 1 aromatic carbocycles. The summed E-state index contributed by atoms with van der Waals surface area (Å²) in [7, 11) is 1.85. The highest BCUT2D eigenvalue weighted by molar-refractivity contribution is 6.31. The molecule has 1 atom stereocenters. The number of aromatic nitrogens is 2. The Morgan fingerprint density at radius 1 is 1.36 bits per heavy atom. The van der Waals surface area contributed by atoms with Gasteiger partial charge < -0.3 is 19.7 Å². The highest BCUT2D eigenvalue weighted by Crippen LogP contribution is 2.34. The molecule has 0 radical (unpaired) electrons. The first-order chi connectivity index (χ1) is 13.2. The molecule has 0 aliphatic carbocycles. The number of pyridine rings is 1. The van der Waals surface area contributed by atoms with Gasteiger partial charge in [-0.05, 0) is 32.0 Å². The molecule has 1 unspecified atom stereocenters. The van der Waals surface area contributed by atoms with Crippen molar-refractivity contribution in [2.45, 2.75) is 31.9 Å². The zero-order valence-corrected chi connectivity index (χ0v) is 16.7. The smallest absolute Gasteiger partial charge is 0.268 e. The van der Waals surface area contributed by atoms with Crippen molar-refractivity contribution in [1.29, 1.82) is 0 Å². The number of fused-ring (bicyclic) bond motifs is 2. The number of nitrogens with one attached hydrogen (secondary N) is 1. The van der Waals surface area contributed by atoms with Gasteiger partial charge >= 0.3 is 0 Å². The fourth-order valence-corrected chi connectivity index (χ4v) is 3.68. The normalized spacial score (nSPS) is 16.5. The lowest BCUT2D eigenvalue weighted by Gasteiger charge is -2.28. The lowest BCUT2D eigenvalue weighted by Crippen LogP contribution is -2.33. The van der Waals surface area contributed by atoms with E-state index in [4.69, 9.17) is 16.3 Å². The van der Waals surface area contributed by atoms with Gasteiger partial charge in [0.2, 0.25) is 0 Å². The second kappa shape index (κ2) is 6.79. The number of nitrogens with zero attached hydrogens (tertiary/aromatic N) is 2. The molecule has 0 spiro atoms. The summed E-state index contributed by atoms with van der Waals surface area (Å²) in [6.45, 7) is 3.84. The largest absolute Gasteiger partial charge is 0.493 e. The van der Waals surface area contributed by atoms with E-state index in [0.717, 1.165) is 16.5 Å². The summed E-state index contributed by atoms with van der Waals surface area (Å²) in [4.78, 5) is 17.3. The highest BCUT2D eigenvalue weighted by Gasteiger charge is 2.28.